The number of hydrogen-bond donors (Lipinski definition) is 1. The van der Waals surface area contributed by atoms with Crippen molar-refractivity contribution >= 4 is 0 Å². The van der Waals surface area contributed by atoms with E-state index in [1.807, 2.05) is 6.92 Å². The molecule has 72 valence electrons. The lowest BCUT2D eigenvalue weighted by Crippen LogP contribution is -2.40. The quantitative estimate of drug-likeness (QED) is 0.619. The van der Waals surface area contributed by atoms with Crippen LogP contribution in [0.2, 0.25) is 0 Å². The van der Waals surface area contributed by atoms with Crippen LogP contribution in [0.4, 0.5) is 0 Å². The first-order chi connectivity index (χ1) is 6.22. The van der Waals surface area contributed by atoms with Crippen molar-refractivity contribution in [3.8, 4) is 11.8 Å². The molecule has 2 atom stereocenters. The highest BCUT2D eigenvalue weighted by atomic mass is 16.5. The maximum absolute atomic E-state index is 10.2. The monoisotopic (exact) mass is 180 g/mol. The molecule has 2 fully saturated rings. The average molecular weight is 180 g/mol. The van der Waals surface area contributed by atoms with E-state index in [1.54, 1.807) is 0 Å². The molecule has 2 unspecified atom stereocenters. The highest BCUT2D eigenvalue weighted by Crippen LogP contribution is 2.39. The molecule has 0 amide bonds. The summed E-state index contributed by atoms with van der Waals surface area (Å²) < 4.78 is 5.66. The normalized spacial score (nSPS) is 42.6. The second-order valence-electron chi connectivity index (χ2n) is 4.19. The lowest BCUT2D eigenvalue weighted by atomic mass is 9.87. The van der Waals surface area contributed by atoms with E-state index in [4.69, 9.17) is 4.74 Å². The molecule has 2 rings (SSSR count). The average Bonchev–Trinajstić information content (AvgIpc) is 2.43. The Kier molecular flexibility index (Phi) is 2.31. The van der Waals surface area contributed by atoms with Crippen molar-refractivity contribution in [2.24, 2.45) is 0 Å². The highest BCUT2D eigenvalue weighted by molar-refractivity contribution is 5.05. The number of fused-ring (bicyclic) bond motifs is 2. The largest absolute Gasteiger partial charge is 0.389 e. The molecule has 0 aromatic carbocycles. The van der Waals surface area contributed by atoms with Gasteiger partial charge in [0.15, 0.2) is 0 Å². The van der Waals surface area contributed by atoms with Crippen LogP contribution in [0.5, 0.6) is 0 Å². The highest BCUT2D eigenvalue weighted by Gasteiger charge is 2.42. The summed E-state index contributed by atoms with van der Waals surface area (Å²) in [6.07, 6.45) is 4.99. The van der Waals surface area contributed by atoms with Crippen LogP contribution in [0.15, 0.2) is 0 Å². The molecule has 2 aliphatic rings. The van der Waals surface area contributed by atoms with Gasteiger partial charge in [0, 0.05) is 19.3 Å². The molecule has 2 heteroatoms. The Labute approximate surface area is 79.3 Å². The Morgan fingerprint density at radius 2 is 2.00 bits per heavy atom. The molecule has 2 bridgehead atoms. The number of rotatable bonds is 1. The second-order valence-corrected chi connectivity index (χ2v) is 4.19. The Balaban J connectivity index is 2.02. The number of aliphatic hydroxyl groups is 1. The molecule has 1 N–H and O–H groups in total. The van der Waals surface area contributed by atoms with E-state index in [1.165, 1.54) is 0 Å². The van der Waals surface area contributed by atoms with Gasteiger partial charge in [-0.1, -0.05) is 0 Å². The SMILES string of the molecule is CC#CCC1(O)CC2CCC(C1)O2. The lowest BCUT2D eigenvalue weighted by molar-refractivity contribution is -0.108. The van der Waals surface area contributed by atoms with Crippen LogP contribution in [0.1, 0.15) is 39.0 Å². The van der Waals surface area contributed by atoms with Crippen LogP contribution in [-0.4, -0.2) is 22.9 Å². The van der Waals surface area contributed by atoms with Gasteiger partial charge in [-0.2, -0.15) is 0 Å². The fourth-order valence-corrected chi connectivity index (χ4v) is 2.41. The lowest BCUT2D eigenvalue weighted by Gasteiger charge is -2.35. The van der Waals surface area contributed by atoms with Crippen LogP contribution in [0.25, 0.3) is 0 Å². The van der Waals surface area contributed by atoms with Crippen LogP contribution in [0.3, 0.4) is 0 Å². The maximum atomic E-state index is 10.2. The van der Waals surface area contributed by atoms with E-state index in [0.717, 1.165) is 25.7 Å². The van der Waals surface area contributed by atoms with Crippen LogP contribution >= 0.6 is 0 Å². The predicted molar refractivity (Wildman–Crippen MR) is 50.1 cm³/mol. The molecule has 2 saturated heterocycles. The molecular formula is C11H16O2. The number of ether oxygens (including phenoxy) is 1. The first-order valence-corrected chi connectivity index (χ1v) is 4.99. The summed E-state index contributed by atoms with van der Waals surface area (Å²) in [5.74, 6) is 5.81. The summed E-state index contributed by atoms with van der Waals surface area (Å²) in [5, 5.41) is 10.2. The van der Waals surface area contributed by atoms with E-state index in [2.05, 4.69) is 11.8 Å². The van der Waals surface area contributed by atoms with Crippen LogP contribution in [-0.2, 0) is 4.74 Å². The summed E-state index contributed by atoms with van der Waals surface area (Å²) in [4.78, 5) is 0. The molecule has 2 nitrogen and oxygen atoms in total. The van der Waals surface area contributed by atoms with Crippen molar-refractivity contribution < 1.29 is 9.84 Å². The summed E-state index contributed by atoms with van der Waals surface area (Å²) in [7, 11) is 0. The van der Waals surface area contributed by atoms with Gasteiger partial charge in [0.25, 0.3) is 0 Å². The molecule has 0 radical (unpaired) electrons. The Bertz CT molecular complexity index is 237. The van der Waals surface area contributed by atoms with E-state index < -0.39 is 5.60 Å². The van der Waals surface area contributed by atoms with Gasteiger partial charge < -0.3 is 9.84 Å². The predicted octanol–water partition coefficient (Wildman–Crippen LogP) is 1.47. The first-order valence-electron chi connectivity index (χ1n) is 4.99. The Hall–Kier alpha value is -0.520. The molecule has 0 spiro atoms. The molecule has 2 aliphatic heterocycles. The molecule has 13 heavy (non-hydrogen) atoms. The minimum absolute atomic E-state index is 0.294. The smallest absolute Gasteiger partial charge is 0.0805 e. The van der Waals surface area contributed by atoms with Gasteiger partial charge in [0.05, 0.1) is 17.8 Å². The zero-order valence-corrected chi connectivity index (χ0v) is 8.05. The van der Waals surface area contributed by atoms with Crippen LogP contribution in [0, 0.1) is 11.8 Å². The third kappa shape index (κ3) is 1.87. The Morgan fingerprint density at radius 1 is 1.38 bits per heavy atom. The van der Waals surface area contributed by atoms with E-state index in [-0.39, 0.29) is 0 Å². The molecular weight excluding hydrogens is 164 g/mol. The first kappa shape index (κ1) is 9.05. The zero-order chi connectivity index (χ0) is 9.31. The van der Waals surface area contributed by atoms with Gasteiger partial charge in [0.1, 0.15) is 0 Å². The van der Waals surface area contributed by atoms with Crippen molar-refractivity contribution in [3.05, 3.63) is 0 Å². The molecule has 0 aliphatic carbocycles. The van der Waals surface area contributed by atoms with Crippen molar-refractivity contribution in [1.29, 1.82) is 0 Å². The van der Waals surface area contributed by atoms with Gasteiger partial charge >= 0.3 is 0 Å². The fraction of sp³-hybridized carbons (Fsp3) is 0.818. The van der Waals surface area contributed by atoms with Gasteiger partial charge in [-0.05, 0) is 19.8 Å². The Morgan fingerprint density at radius 3 is 2.54 bits per heavy atom. The summed E-state index contributed by atoms with van der Waals surface area (Å²) in [5.41, 5.74) is -0.562. The third-order valence-electron chi connectivity index (χ3n) is 3.01. The van der Waals surface area contributed by atoms with Crippen molar-refractivity contribution in [3.63, 3.8) is 0 Å². The molecule has 0 saturated carbocycles. The van der Waals surface area contributed by atoms with Crippen molar-refractivity contribution in [1.82, 2.24) is 0 Å². The zero-order valence-electron chi connectivity index (χ0n) is 8.05. The summed E-state index contributed by atoms with van der Waals surface area (Å²) in [6, 6.07) is 0. The molecule has 0 aromatic heterocycles. The van der Waals surface area contributed by atoms with Crippen molar-refractivity contribution in [2.75, 3.05) is 0 Å². The van der Waals surface area contributed by atoms with E-state index >= 15 is 0 Å². The fourth-order valence-electron chi connectivity index (χ4n) is 2.41. The van der Waals surface area contributed by atoms with Crippen molar-refractivity contribution in [2.45, 2.75) is 56.8 Å². The minimum Gasteiger partial charge on any atom is -0.389 e. The summed E-state index contributed by atoms with van der Waals surface area (Å²) >= 11 is 0. The van der Waals surface area contributed by atoms with Gasteiger partial charge in [0.2, 0.25) is 0 Å². The molecule has 2 heterocycles. The topological polar surface area (TPSA) is 29.5 Å². The second kappa shape index (κ2) is 3.32. The third-order valence-corrected chi connectivity index (χ3v) is 3.01. The number of hydrogen-bond acceptors (Lipinski definition) is 2. The van der Waals surface area contributed by atoms with Gasteiger partial charge in [-0.15, -0.1) is 11.8 Å². The van der Waals surface area contributed by atoms with Gasteiger partial charge in [-0.3, -0.25) is 0 Å². The standard InChI is InChI=1S/C11H16O2/c1-2-3-6-11(12)7-9-4-5-10(8-11)13-9/h9-10,12H,4-8H2,1H3. The van der Waals surface area contributed by atoms with E-state index in [0.29, 0.717) is 18.6 Å². The minimum atomic E-state index is -0.562. The van der Waals surface area contributed by atoms with Crippen LogP contribution < -0.4 is 0 Å². The van der Waals surface area contributed by atoms with Gasteiger partial charge in [-0.25, -0.2) is 0 Å². The van der Waals surface area contributed by atoms with E-state index in [9.17, 15) is 5.11 Å². The molecule has 0 aromatic rings. The maximum Gasteiger partial charge on any atom is 0.0805 e. The summed E-state index contributed by atoms with van der Waals surface area (Å²) in [6.45, 7) is 1.82.